The quantitative estimate of drug-likeness (QED) is 0.520. The maximum Gasteiger partial charge on any atom is 0.230 e. The highest BCUT2D eigenvalue weighted by Crippen LogP contribution is 2.39. The van der Waals surface area contributed by atoms with Gasteiger partial charge in [0.2, 0.25) is 5.79 Å². The van der Waals surface area contributed by atoms with Crippen molar-refractivity contribution in [1.29, 1.82) is 0 Å². The highest BCUT2D eigenvalue weighted by atomic mass is 32.1. The van der Waals surface area contributed by atoms with E-state index in [0.29, 0.717) is 6.04 Å². The van der Waals surface area contributed by atoms with Gasteiger partial charge in [0.25, 0.3) is 0 Å². The summed E-state index contributed by atoms with van der Waals surface area (Å²) in [6.45, 7) is 0. The predicted molar refractivity (Wildman–Crippen MR) is 120 cm³/mol. The van der Waals surface area contributed by atoms with E-state index in [0.717, 1.165) is 4.88 Å². The molecule has 0 aliphatic rings. The summed E-state index contributed by atoms with van der Waals surface area (Å²) < 4.78 is 18.1. The van der Waals surface area contributed by atoms with Crippen molar-refractivity contribution >= 4 is 85.6 Å². The molecule has 2 rings (SSSR count). The van der Waals surface area contributed by atoms with Gasteiger partial charge in [-0.2, -0.15) is 54.0 Å². The molecule has 2 aromatic rings. The number of thiophene rings is 1. The minimum atomic E-state index is -0.889. The molecule has 0 saturated heterocycles. The van der Waals surface area contributed by atoms with Crippen LogP contribution in [0, 0.1) is 0 Å². The SMILES string of the molecule is COC(C[Si])C(OC)(OC)c1cc2ccccc2s1.S.S.S.S. The summed E-state index contributed by atoms with van der Waals surface area (Å²) in [4.78, 5) is 1.00. The van der Waals surface area contributed by atoms with Crippen molar-refractivity contribution < 1.29 is 14.2 Å². The highest BCUT2D eigenvalue weighted by molar-refractivity contribution is 7.59. The minimum absolute atomic E-state index is 0. The number of ether oxygens (including phenoxy) is 3. The summed E-state index contributed by atoms with van der Waals surface area (Å²) in [7, 11) is 8.44. The van der Waals surface area contributed by atoms with Crippen molar-refractivity contribution in [3.8, 4) is 0 Å². The zero-order chi connectivity index (χ0) is 13.9. The van der Waals surface area contributed by atoms with Gasteiger partial charge in [-0.25, -0.2) is 0 Å². The fourth-order valence-corrected chi connectivity index (χ4v) is 3.92. The van der Waals surface area contributed by atoms with Crippen molar-refractivity contribution in [2.75, 3.05) is 21.3 Å². The van der Waals surface area contributed by atoms with Gasteiger partial charge < -0.3 is 14.2 Å². The Balaban J connectivity index is -0.000001000. The van der Waals surface area contributed by atoms with Gasteiger partial charge in [-0.3, -0.25) is 0 Å². The topological polar surface area (TPSA) is 27.7 Å². The highest BCUT2D eigenvalue weighted by Gasteiger charge is 2.42. The molecule has 3 nitrogen and oxygen atoms in total. The first-order valence-corrected chi connectivity index (χ1v) is 7.51. The fraction of sp³-hybridized carbons (Fsp3) is 0.429. The number of rotatable bonds is 6. The second kappa shape index (κ2) is 13.0. The molecule has 133 valence electrons. The molecular weight excluding hydrogens is 405 g/mol. The third kappa shape index (κ3) is 5.58. The third-order valence-corrected chi connectivity index (χ3v) is 4.85. The number of methoxy groups -OCH3 is 3. The van der Waals surface area contributed by atoms with Crippen molar-refractivity contribution in [3.63, 3.8) is 0 Å². The molecule has 0 bridgehead atoms. The summed E-state index contributed by atoms with van der Waals surface area (Å²) in [5.74, 6) is -0.889. The molecule has 0 aliphatic heterocycles. The Morgan fingerprint density at radius 1 is 1.04 bits per heavy atom. The van der Waals surface area contributed by atoms with E-state index >= 15 is 0 Å². The van der Waals surface area contributed by atoms with E-state index in [1.165, 1.54) is 10.1 Å². The van der Waals surface area contributed by atoms with Gasteiger partial charge in [-0.15, -0.1) is 11.3 Å². The lowest BCUT2D eigenvalue weighted by Crippen LogP contribution is -2.43. The van der Waals surface area contributed by atoms with E-state index in [-0.39, 0.29) is 60.1 Å². The number of hydrogen-bond donors (Lipinski definition) is 0. The molecule has 0 saturated carbocycles. The van der Waals surface area contributed by atoms with Crippen LogP contribution < -0.4 is 0 Å². The van der Waals surface area contributed by atoms with E-state index in [1.54, 1.807) is 32.7 Å². The Labute approximate surface area is 173 Å². The van der Waals surface area contributed by atoms with E-state index in [2.05, 4.69) is 28.4 Å². The number of benzene rings is 1. The summed E-state index contributed by atoms with van der Waals surface area (Å²) in [5, 5.41) is 1.18. The Morgan fingerprint density at radius 2 is 1.61 bits per heavy atom. The first-order chi connectivity index (χ1) is 9.21. The molecule has 0 spiro atoms. The Bertz CT molecular complexity index is 511. The summed E-state index contributed by atoms with van der Waals surface area (Å²) in [5.41, 5.74) is 0. The molecule has 1 aromatic heterocycles. The average Bonchev–Trinajstić information content (AvgIpc) is 2.89. The van der Waals surface area contributed by atoms with Crippen LogP contribution in [0.25, 0.3) is 10.1 Å². The standard InChI is InChI=1S/C14H17O3SSi.4H2S/c1-15-12(9-19)14(16-2,17-3)13-8-10-6-4-5-7-11(10)18-13;;;;/h4-8,12H,9H2,1-3H3;4*1H2. The van der Waals surface area contributed by atoms with Gasteiger partial charge in [0.05, 0.1) is 4.88 Å². The van der Waals surface area contributed by atoms with Crippen LogP contribution in [-0.2, 0) is 20.0 Å². The van der Waals surface area contributed by atoms with Crippen LogP contribution in [0.5, 0.6) is 0 Å². The molecule has 0 fully saturated rings. The van der Waals surface area contributed by atoms with Crippen molar-refractivity contribution in [2.45, 2.75) is 17.9 Å². The van der Waals surface area contributed by atoms with Crippen LogP contribution in [0.15, 0.2) is 30.3 Å². The largest absolute Gasteiger partial charge is 0.376 e. The van der Waals surface area contributed by atoms with Crippen LogP contribution in [-0.4, -0.2) is 37.7 Å². The lowest BCUT2D eigenvalue weighted by atomic mass is 10.1. The van der Waals surface area contributed by atoms with Gasteiger partial charge >= 0.3 is 0 Å². The van der Waals surface area contributed by atoms with Crippen LogP contribution in [0.3, 0.4) is 0 Å². The van der Waals surface area contributed by atoms with Crippen molar-refractivity contribution in [2.24, 2.45) is 0 Å². The molecule has 1 aromatic carbocycles. The Kier molecular flexibility index (Phi) is 16.0. The monoisotopic (exact) mass is 429 g/mol. The first kappa shape index (κ1) is 28.5. The van der Waals surface area contributed by atoms with Gasteiger partial charge in [-0.1, -0.05) is 18.2 Å². The lowest BCUT2D eigenvalue weighted by molar-refractivity contribution is -0.267. The maximum atomic E-state index is 5.68. The number of fused-ring (bicyclic) bond motifs is 1. The van der Waals surface area contributed by atoms with E-state index in [9.17, 15) is 0 Å². The van der Waals surface area contributed by atoms with Crippen molar-refractivity contribution in [1.82, 2.24) is 0 Å². The van der Waals surface area contributed by atoms with Crippen LogP contribution in [0.2, 0.25) is 6.04 Å². The third-order valence-electron chi connectivity index (χ3n) is 3.27. The average molecular weight is 430 g/mol. The molecule has 3 radical (unpaired) electrons. The molecule has 1 unspecified atom stereocenters. The molecule has 23 heavy (non-hydrogen) atoms. The van der Waals surface area contributed by atoms with Crippen LogP contribution >= 0.6 is 65.3 Å². The summed E-state index contributed by atoms with van der Waals surface area (Å²) >= 11 is 1.66. The molecule has 0 amide bonds. The predicted octanol–water partition coefficient (Wildman–Crippen LogP) is 3.40. The fourth-order valence-electron chi connectivity index (χ4n) is 2.23. The second-order valence-electron chi connectivity index (χ2n) is 4.15. The van der Waals surface area contributed by atoms with Gasteiger partial charge in [0.1, 0.15) is 6.10 Å². The number of hydrogen-bond acceptors (Lipinski definition) is 4. The van der Waals surface area contributed by atoms with Gasteiger partial charge in [0, 0.05) is 36.3 Å². The second-order valence-corrected chi connectivity index (χ2v) is 5.64. The Hall–Kier alpha value is 0.677. The van der Waals surface area contributed by atoms with Crippen LogP contribution in [0.1, 0.15) is 4.88 Å². The maximum absolute atomic E-state index is 5.68. The lowest BCUT2D eigenvalue weighted by Gasteiger charge is -2.36. The molecule has 9 heteroatoms. The summed E-state index contributed by atoms with van der Waals surface area (Å²) in [6, 6.07) is 10.9. The van der Waals surface area contributed by atoms with Crippen LogP contribution in [0.4, 0.5) is 0 Å². The zero-order valence-corrected chi connectivity index (χ0v) is 19.1. The zero-order valence-electron chi connectivity index (χ0n) is 13.3. The minimum Gasteiger partial charge on any atom is -0.376 e. The van der Waals surface area contributed by atoms with Gasteiger partial charge in [-0.05, 0) is 23.6 Å². The molecule has 0 N–H and O–H groups in total. The van der Waals surface area contributed by atoms with Crippen molar-refractivity contribution in [3.05, 3.63) is 35.2 Å². The molecular formula is C14H25O3S5Si. The normalized spacial score (nSPS) is 11.5. The smallest absolute Gasteiger partial charge is 0.230 e. The molecule has 1 heterocycles. The van der Waals surface area contributed by atoms with E-state index < -0.39 is 5.79 Å². The van der Waals surface area contributed by atoms with E-state index in [4.69, 9.17) is 14.2 Å². The Morgan fingerprint density at radius 3 is 2.04 bits per heavy atom. The summed E-state index contributed by atoms with van der Waals surface area (Å²) in [6.07, 6.45) is -0.229. The first-order valence-electron chi connectivity index (χ1n) is 5.98. The van der Waals surface area contributed by atoms with E-state index in [1.807, 2.05) is 12.1 Å². The molecule has 0 aliphatic carbocycles. The van der Waals surface area contributed by atoms with Gasteiger partial charge in [0.15, 0.2) is 0 Å². The molecule has 1 atom stereocenters.